The molecular weight excluding hydrogens is 274 g/mol. The van der Waals surface area contributed by atoms with Crippen molar-refractivity contribution < 1.29 is 13.5 Å². The van der Waals surface area contributed by atoms with Crippen molar-refractivity contribution in [3.8, 4) is 0 Å². The Labute approximate surface area is 112 Å². The van der Waals surface area contributed by atoms with Crippen LogP contribution in [0.5, 0.6) is 0 Å². The largest absolute Gasteiger partial charge is 0.396 e. The van der Waals surface area contributed by atoms with Crippen molar-refractivity contribution in [2.45, 2.75) is 26.3 Å². The molecule has 2 N–H and O–H groups in total. The van der Waals surface area contributed by atoms with Gasteiger partial charge in [-0.3, -0.25) is 0 Å². The fraction of sp³-hybridized carbons (Fsp3) is 0.700. The molecule has 0 aliphatic rings. The lowest BCUT2D eigenvalue weighted by Crippen LogP contribution is -2.40. The summed E-state index contributed by atoms with van der Waals surface area (Å²) in [5.41, 5.74) is 0. The maximum atomic E-state index is 11.9. The summed E-state index contributed by atoms with van der Waals surface area (Å²) < 4.78 is 27.6. The number of nitrogens with zero attached hydrogens (tertiary/aromatic N) is 2. The van der Waals surface area contributed by atoms with E-state index in [1.54, 1.807) is 13.1 Å². The van der Waals surface area contributed by atoms with Gasteiger partial charge in [0.05, 0.1) is 6.04 Å². The number of aromatic nitrogens is 1. The standard InChI is InChI=1S/C10H19N3O3S2/c1-8-7-11-10(17-8)9(2)12-18(15,16)13(3)5-4-6-14/h7,9,12,14H,4-6H2,1-3H3. The maximum absolute atomic E-state index is 11.9. The van der Waals surface area contributed by atoms with E-state index in [0.29, 0.717) is 6.42 Å². The lowest BCUT2D eigenvalue weighted by Gasteiger charge is -2.19. The molecule has 6 nitrogen and oxygen atoms in total. The van der Waals surface area contributed by atoms with Crippen LogP contribution in [0.1, 0.15) is 29.3 Å². The van der Waals surface area contributed by atoms with Crippen molar-refractivity contribution in [3.05, 3.63) is 16.1 Å². The quantitative estimate of drug-likeness (QED) is 0.774. The van der Waals surface area contributed by atoms with Gasteiger partial charge in [-0.15, -0.1) is 11.3 Å². The third kappa shape index (κ3) is 4.29. The van der Waals surface area contributed by atoms with Gasteiger partial charge in [0, 0.05) is 31.3 Å². The van der Waals surface area contributed by atoms with Crippen LogP contribution < -0.4 is 4.72 Å². The molecule has 0 saturated carbocycles. The second kappa shape index (κ2) is 6.58. The van der Waals surface area contributed by atoms with E-state index in [4.69, 9.17) is 5.11 Å². The number of nitrogens with one attached hydrogen (secondary N) is 1. The Bertz CT molecular complexity index is 472. The summed E-state index contributed by atoms with van der Waals surface area (Å²) in [4.78, 5) is 5.20. The highest BCUT2D eigenvalue weighted by Gasteiger charge is 2.21. The number of rotatable bonds is 7. The van der Waals surface area contributed by atoms with Gasteiger partial charge in [-0.05, 0) is 20.3 Å². The molecule has 0 aromatic carbocycles. The van der Waals surface area contributed by atoms with E-state index in [1.165, 1.54) is 22.7 Å². The monoisotopic (exact) mass is 293 g/mol. The van der Waals surface area contributed by atoms with Crippen LogP contribution in [0.4, 0.5) is 0 Å². The van der Waals surface area contributed by atoms with Gasteiger partial charge in [0.1, 0.15) is 5.01 Å². The molecule has 0 radical (unpaired) electrons. The van der Waals surface area contributed by atoms with Gasteiger partial charge in [0.15, 0.2) is 0 Å². The number of aliphatic hydroxyl groups excluding tert-OH is 1. The summed E-state index contributed by atoms with van der Waals surface area (Å²) in [7, 11) is -2.05. The molecule has 8 heteroatoms. The molecule has 104 valence electrons. The van der Waals surface area contributed by atoms with E-state index >= 15 is 0 Å². The first kappa shape index (κ1) is 15.5. The molecule has 0 saturated heterocycles. The first-order valence-corrected chi connectivity index (χ1v) is 7.89. The third-order valence-electron chi connectivity index (χ3n) is 2.38. The minimum Gasteiger partial charge on any atom is -0.396 e. The lowest BCUT2D eigenvalue weighted by molar-refractivity contribution is 0.275. The smallest absolute Gasteiger partial charge is 0.279 e. The maximum Gasteiger partial charge on any atom is 0.279 e. The van der Waals surface area contributed by atoms with Crippen molar-refractivity contribution >= 4 is 21.5 Å². The Kier molecular flexibility index (Phi) is 5.67. The van der Waals surface area contributed by atoms with Crippen molar-refractivity contribution in [3.63, 3.8) is 0 Å². The van der Waals surface area contributed by atoms with E-state index in [9.17, 15) is 8.42 Å². The molecule has 1 heterocycles. The van der Waals surface area contributed by atoms with E-state index in [0.717, 1.165) is 9.88 Å². The Morgan fingerprint density at radius 1 is 1.61 bits per heavy atom. The predicted octanol–water partition coefficient (Wildman–Crippen LogP) is 0.661. The average molecular weight is 293 g/mol. The molecule has 0 aliphatic heterocycles. The molecule has 1 rings (SSSR count). The average Bonchev–Trinajstić information content (AvgIpc) is 2.72. The first-order chi connectivity index (χ1) is 8.36. The zero-order valence-electron chi connectivity index (χ0n) is 10.8. The second-order valence-electron chi connectivity index (χ2n) is 4.05. The van der Waals surface area contributed by atoms with Crippen LogP contribution >= 0.6 is 11.3 Å². The van der Waals surface area contributed by atoms with Crippen molar-refractivity contribution in [2.75, 3.05) is 20.2 Å². The first-order valence-electron chi connectivity index (χ1n) is 5.63. The van der Waals surface area contributed by atoms with E-state index < -0.39 is 10.2 Å². The summed E-state index contributed by atoms with van der Waals surface area (Å²) in [6, 6.07) is -0.356. The number of thiazole rings is 1. The van der Waals surface area contributed by atoms with Gasteiger partial charge < -0.3 is 5.11 Å². The van der Waals surface area contributed by atoms with E-state index in [1.807, 2.05) is 6.92 Å². The van der Waals surface area contributed by atoms with Gasteiger partial charge in [-0.1, -0.05) is 0 Å². The van der Waals surface area contributed by atoms with Crippen LogP contribution in [-0.4, -0.2) is 43.0 Å². The van der Waals surface area contributed by atoms with Crippen LogP contribution in [0.2, 0.25) is 0 Å². The van der Waals surface area contributed by atoms with Crippen LogP contribution in [0, 0.1) is 6.92 Å². The van der Waals surface area contributed by atoms with E-state index in [2.05, 4.69) is 9.71 Å². The normalized spacial score (nSPS) is 14.1. The number of hydrogen-bond acceptors (Lipinski definition) is 5. The summed E-state index contributed by atoms with van der Waals surface area (Å²) in [5, 5.41) is 9.44. The molecule has 0 fully saturated rings. The highest BCUT2D eigenvalue weighted by atomic mass is 32.2. The second-order valence-corrected chi connectivity index (χ2v) is 7.13. The Morgan fingerprint density at radius 3 is 2.78 bits per heavy atom. The SMILES string of the molecule is Cc1cnc(C(C)NS(=O)(=O)N(C)CCCO)s1. The Balaban J connectivity index is 2.65. The van der Waals surface area contributed by atoms with Gasteiger partial charge in [0.2, 0.25) is 0 Å². The number of aliphatic hydroxyl groups is 1. The fourth-order valence-corrected chi connectivity index (χ4v) is 3.31. The molecule has 0 spiro atoms. The molecule has 1 aromatic heterocycles. The van der Waals surface area contributed by atoms with Gasteiger partial charge in [0.25, 0.3) is 10.2 Å². The van der Waals surface area contributed by atoms with Gasteiger partial charge in [-0.2, -0.15) is 17.4 Å². The van der Waals surface area contributed by atoms with Gasteiger partial charge in [-0.25, -0.2) is 4.98 Å². The molecule has 1 atom stereocenters. The minimum atomic E-state index is -3.53. The summed E-state index contributed by atoms with van der Waals surface area (Å²) >= 11 is 1.47. The molecule has 0 amide bonds. The molecule has 1 unspecified atom stereocenters. The molecule has 18 heavy (non-hydrogen) atoms. The molecule has 0 bridgehead atoms. The molecular formula is C10H19N3O3S2. The number of hydrogen-bond donors (Lipinski definition) is 2. The highest BCUT2D eigenvalue weighted by Crippen LogP contribution is 2.19. The summed E-state index contributed by atoms with van der Waals surface area (Å²) in [5.74, 6) is 0. The molecule has 0 aliphatic carbocycles. The summed E-state index contributed by atoms with van der Waals surface area (Å²) in [6.07, 6.45) is 2.14. The van der Waals surface area contributed by atoms with Crippen LogP contribution in [0.3, 0.4) is 0 Å². The lowest BCUT2D eigenvalue weighted by atomic mass is 10.4. The minimum absolute atomic E-state index is 0.0267. The third-order valence-corrected chi connectivity index (χ3v) is 5.13. The van der Waals surface area contributed by atoms with E-state index in [-0.39, 0.29) is 19.2 Å². The Morgan fingerprint density at radius 2 is 2.28 bits per heavy atom. The zero-order chi connectivity index (χ0) is 13.8. The van der Waals surface area contributed by atoms with Crippen molar-refractivity contribution in [1.29, 1.82) is 0 Å². The predicted molar refractivity (Wildman–Crippen MR) is 71.7 cm³/mol. The number of aryl methyl sites for hydroxylation is 1. The van der Waals surface area contributed by atoms with Crippen LogP contribution in [-0.2, 0) is 10.2 Å². The highest BCUT2D eigenvalue weighted by molar-refractivity contribution is 7.87. The van der Waals surface area contributed by atoms with Crippen LogP contribution in [0.25, 0.3) is 0 Å². The summed E-state index contributed by atoms with van der Waals surface area (Å²) in [6.45, 7) is 3.95. The van der Waals surface area contributed by atoms with Crippen molar-refractivity contribution in [1.82, 2.24) is 14.0 Å². The fourth-order valence-electron chi connectivity index (χ4n) is 1.35. The molecule has 1 aromatic rings. The van der Waals surface area contributed by atoms with Crippen molar-refractivity contribution in [2.24, 2.45) is 0 Å². The zero-order valence-corrected chi connectivity index (χ0v) is 12.4. The van der Waals surface area contributed by atoms with Crippen LogP contribution in [0.15, 0.2) is 6.20 Å². The topological polar surface area (TPSA) is 82.5 Å². The van der Waals surface area contributed by atoms with Gasteiger partial charge >= 0.3 is 0 Å². The Hall–Kier alpha value is -0.540.